The average Bonchev–Trinajstić information content (AvgIpc) is 2.80. The third kappa shape index (κ3) is 3.71. The first kappa shape index (κ1) is 14.8. The van der Waals surface area contributed by atoms with Crippen LogP contribution in [0.15, 0.2) is 24.3 Å². The van der Waals surface area contributed by atoms with Gasteiger partial charge in [0.05, 0.1) is 6.61 Å². The predicted octanol–water partition coefficient (Wildman–Crippen LogP) is 0.794. The van der Waals surface area contributed by atoms with Crippen LogP contribution < -0.4 is 10.1 Å². The molecule has 7 heteroatoms. The van der Waals surface area contributed by atoms with Gasteiger partial charge in [-0.15, -0.1) is 0 Å². The number of ether oxygens (including phenoxy) is 2. The molecular weight excluding hydrogens is 276 g/mol. The first-order valence-electron chi connectivity index (χ1n) is 6.60. The van der Waals surface area contributed by atoms with Crippen molar-refractivity contribution >= 4 is 17.9 Å². The Morgan fingerprint density at radius 1 is 1.33 bits per heavy atom. The van der Waals surface area contributed by atoms with Crippen LogP contribution in [-0.2, 0) is 9.53 Å². The fraction of sp³-hybridized carbons (Fsp3) is 0.357. The van der Waals surface area contributed by atoms with Gasteiger partial charge in [0, 0.05) is 18.7 Å². The lowest BCUT2D eigenvalue weighted by Crippen LogP contribution is -2.37. The molecule has 1 aliphatic rings. The van der Waals surface area contributed by atoms with Gasteiger partial charge < -0.3 is 14.8 Å². The molecule has 1 aromatic rings. The monoisotopic (exact) mass is 292 g/mol. The molecule has 112 valence electrons. The van der Waals surface area contributed by atoms with Crippen LogP contribution in [0.2, 0.25) is 0 Å². The molecule has 2 rings (SSSR count). The minimum Gasteiger partial charge on any atom is -0.494 e. The lowest BCUT2D eigenvalue weighted by Gasteiger charge is -2.11. The van der Waals surface area contributed by atoms with E-state index in [9.17, 15) is 14.4 Å². The highest BCUT2D eigenvalue weighted by Gasteiger charge is 2.30. The second-order valence-corrected chi connectivity index (χ2v) is 4.31. The van der Waals surface area contributed by atoms with E-state index in [0.29, 0.717) is 17.9 Å². The van der Waals surface area contributed by atoms with Gasteiger partial charge in [-0.25, -0.2) is 9.69 Å². The van der Waals surface area contributed by atoms with E-state index < -0.39 is 12.0 Å². The molecule has 21 heavy (non-hydrogen) atoms. The Morgan fingerprint density at radius 3 is 2.62 bits per heavy atom. The van der Waals surface area contributed by atoms with Crippen LogP contribution in [0.3, 0.4) is 0 Å². The molecule has 1 aromatic carbocycles. The average molecular weight is 292 g/mol. The molecule has 0 unspecified atom stereocenters. The Hall–Kier alpha value is -2.57. The van der Waals surface area contributed by atoms with E-state index in [1.54, 1.807) is 24.3 Å². The molecule has 1 fully saturated rings. The largest absolute Gasteiger partial charge is 0.494 e. The summed E-state index contributed by atoms with van der Waals surface area (Å²) in [7, 11) is 0. The van der Waals surface area contributed by atoms with Gasteiger partial charge >= 0.3 is 6.09 Å². The summed E-state index contributed by atoms with van der Waals surface area (Å²) in [4.78, 5) is 35.3. The molecule has 0 atom stereocenters. The van der Waals surface area contributed by atoms with Crippen molar-refractivity contribution in [1.82, 2.24) is 10.2 Å². The molecule has 0 spiro atoms. The van der Waals surface area contributed by atoms with Gasteiger partial charge in [0.15, 0.2) is 6.61 Å². The van der Waals surface area contributed by atoms with Crippen molar-refractivity contribution in [3.05, 3.63) is 29.8 Å². The van der Waals surface area contributed by atoms with Crippen molar-refractivity contribution in [3.63, 3.8) is 0 Å². The molecule has 0 radical (unpaired) electrons. The van der Waals surface area contributed by atoms with Crippen molar-refractivity contribution in [2.24, 2.45) is 0 Å². The second-order valence-electron chi connectivity index (χ2n) is 4.31. The molecule has 1 N–H and O–H groups in total. The van der Waals surface area contributed by atoms with E-state index in [1.165, 1.54) is 0 Å². The lowest BCUT2D eigenvalue weighted by atomic mass is 10.2. The number of imide groups is 1. The van der Waals surface area contributed by atoms with Crippen LogP contribution in [0.4, 0.5) is 4.79 Å². The molecular formula is C14H16N2O5. The molecule has 0 aliphatic carbocycles. The standard InChI is InChI=1S/C14H16N2O5/c1-2-20-11-5-3-10(4-6-11)13(18)15-7-8-16-12(17)9-21-14(16)19/h3-6H,2,7-9H2,1H3,(H,15,18). The Morgan fingerprint density at radius 2 is 2.05 bits per heavy atom. The number of nitrogens with zero attached hydrogens (tertiary/aromatic N) is 1. The van der Waals surface area contributed by atoms with Crippen molar-refractivity contribution < 1.29 is 23.9 Å². The molecule has 0 aromatic heterocycles. The number of carbonyl (C=O) groups excluding carboxylic acids is 3. The summed E-state index contributed by atoms with van der Waals surface area (Å²) in [6.45, 7) is 2.48. The van der Waals surface area contributed by atoms with Crippen LogP contribution >= 0.6 is 0 Å². The van der Waals surface area contributed by atoms with Crippen LogP contribution in [0.1, 0.15) is 17.3 Å². The number of amides is 3. The summed E-state index contributed by atoms with van der Waals surface area (Å²) in [5, 5.41) is 2.64. The molecule has 1 heterocycles. The number of cyclic esters (lactones) is 1. The zero-order valence-corrected chi connectivity index (χ0v) is 11.6. The first-order chi connectivity index (χ1) is 10.1. The highest BCUT2D eigenvalue weighted by Crippen LogP contribution is 2.12. The summed E-state index contributed by atoms with van der Waals surface area (Å²) in [6.07, 6.45) is -0.671. The third-order valence-corrected chi connectivity index (χ3v) is 2.89. The topological polar surface area (TPSA) is 84.9 Å². The van der Waals surface area contributed by atoms with Gasteiger partial charge in [-0.05, 0) is 31.2 Å². The van der Waals surface area contributed by atoms with E-state index in [4.69, 9.17) is 4.74 Å². The van der Waals surface area contributed by atoms with Crippen molar-refractivity contribution in [3.8, 4) is 5.75 Å². The number of carbonyl (C=O) groups is 3. The molecule has 3 amide bonds. The Kier molecular flexibility index (Phi) is 4.76. The highest BCUT2D eigenvalue weighted by atomic mass is 16.6. The number of hydrogen-bond donors (Lipinski definition) is 1. The smallest absolute Gasteiger partial charge is 0.417 e. The molecule has 1 saturated heterocycles. The van der Waals surface area contributed by atoms with Crippen molar-refractivity contribution in [2.75, 3.05) is 26.3 Å². The van der Waals surface area contributed by atoms with Crippen molar-refractivity contribution in [1.29, 1.82) is 0 Å². The fourth-order valence-corrected chi connectivity index (χ4v) is 1.85. The maximum Gasteiger partial charge on any atom is 0.417 e. The molecule has 7 nitrogen and oxygen atoms in total. The number of benzene rings is 1. The third-order valence-electron chi connectivity index (χ3n) is 2.89. The molecule has 0 bridgehead atoms. The summed E-state index contributed by atoms with van der Waals surface area (Å²) in [6, 6.07) is 6.71. The molecule has 1 aliphatic heterocycles. The van der Waals surface area contributed by atoms with Crippen LogP contribution in [0, 0.1) is 0 Å². The number of hydrogen-bond acceptors (Lipinski definition) is 5. The van der Waals surface area contributed by atoms with Gasteiger partial charge in [-0.1, -0.05) is 0 Å². The van der Waals surface area contributed by atoms with E-state index in [1.807, 2.05) is 6.92 Å². The minimum atomic E-state index is -0.671. The van der Waals surface area contributed by atoms with Gasteiger partial charge in [0.25, 0.3) is 11.8 Å². The van der Waals surface area contributed by atoms with Gasteiger partial charge in [0.1, 0.15) is 5.75 Å². The lowest BCUT2D eigenvalue weighted by molar-refractivity contribution is -0.125. The predicted molar refractivity (Wildman–Crippen MR) is 73.0 cm³/mol. The maximum atomic E-state index is 11.9. The number of nitrogens with one attached hydrogen (secondary N) is 1. The normalized spacial score (nSPS) is 14.0. The van der Waals surface area contributed by atoms with E-state index in [-0.39, 0.29) is 25.6 Å². The zero-order chi connectivity index (χ0) is 15.2. The van der Waals surface area contributed by atoms with E-state index in [0.717, 1.165) is 4.90 Å². The van der Waals surface area contributed by atoms with Crippen LogP contribution in [-0.4, -0.2) is 49.1 Å². The fourth-order valence-electron chi connectivity index (χ4n) is 1.85. The van der Waals surface area contributed by atoms with Crippen molar-refractivity contribution in [2.45, 2.75) is 6.92 Å². The quantitative estimate of drug-likeness (QED) is 0.838. The summed E-state index contributed by atoms with van der Waals surface area (Å²) in [5.41, 5.74) is 0.480. The van der Waals surface area contributed by atoms with E-state index in [2.05, 4.69) is 10.1 Å². The van der Waals surface area contributed by atoms with Crippen LogP contribution in [0.5, 0.6) is 5.75 Å². The highest BCUT2D eigenvalue weighted by molar-refractivity contribution is 5.98. The summed E-state index contributed by atoms with van der Waals surface area (Å²) >= 11 is 0. The maximum absolute atomic E-state index is 11.9. The van der Waals surface area contributed by atoms with Gasteiger partial charge in [-0.2, -0.15) is 0 Å². The summed E-state index contributed by atoms with van der Waals surface area (Å²) < 4.78 is 9.85. The summed E-state index contributed by atoms with van der Waals surface area (Å²) in [5.74, 6) is 0.0211. The SMILES string of the molecule is CCOc1ccc(C(=O)NCCN2C(=O)COC2=O)cc1. The Bertz CT molecular complexity index is 525. The minimum absolute atomic E-state index is 0.0977. The Labute approximate surface area is 121 Å². The van der Waals surface area contributed by atoms with Crippen LogP contribution in [0.25, 0.3) is 0 Å². The molecule has 0 saturated carbocycles. The second kappa shape index (κ2) is 6.74. The van der Waals surface area contributed by atoms with Gasteiger partial charge in [0.2, 0.25) is 0 Å². The van der Waals surface area contributed by atoms with Gasteiger partial charge in [-0.3, -0.25) is 9.59 Å². The van der Waals surface area contributed by atoms with E-state index >= 15 is 0 Å². The Balaban J connectivity index is 1.81. The number of rotatable bonds is 6. The zero-order valence-electron chi connectivity index (χ0n) is 11.6. The first-order valence-corrected chi connectivity index (χ1v) is 6.60.